The van der Waals surface area contributed by atoms with Crippen molar-refractivity contribution >= 4 is 22.1 Å². The van der Waals surface area contributed by atoms with Crippen LogP contribution in [-0.2, 0) is 0 Å². The van der Waals surface area contributed by atoms with Crippen LogP contribution in [0.1, 0.15) is 12.8 Å². The average Bonchev–Trinajstić information content (AvgIpc) is 2.54. The second-order valence-electron chi connectivity index (χ2n) is 5.79. The van der Waals surface area contributed by atoms with Gasteiger partial charge >= 0.3 is 0 Å². The molecular weight excluding hydrogens is 280 g/mol. The lowest BCUT2D eigenvalue weighted by molar-refractivity contribution is -0.383. The highest BCUT2D eigenvalue weighted by atomic mass is 16.6. The zero-order valence-electron chi connectivity index (χ0n) is 12.7. The van der Waals surface area contributed by atoms with E-state index < -0.39 is 0 Å². The first-order valence-electron chi connectivity index (χ1n) is 7.61. The summed E-state index contributed by atoms with van der Waals surface area (Å²) in [5, 5.41) is 16.0. The third kappa shape index (κ3) is 2.74. The van der Waals surface area contributed by atoms with Crippen LogP contribution in [0.3, 0.4) is 0 Å². The summed E-state index contributed by atoms with van der Waals surface area (Å²) < 4.78 is 0. The smallest absolute Gasteiger partial charge is 0.278 e. The maximum atomic E-state index is 11.2. The fourth-order valence-corrected chi connectivity index (χ4v) is 3.33. The number of hydrogen-bond acceptors (Lipinski definition) is 5. The van der Waals surface area contributed by atoms with Crippen LogP contribution in [0, 0.1) is 16.0 Å². The molecule has 0 aliphatic carbocycles. The Bertz CT molecular complexity index is 687. The van der Waals surface area contributed by atoms with Gasteiger partial charge in [0.15, 0.2) is 0 Å². The summed E-state index contributed by atoms with van der Waals surface area (Å²) >= 11 is 0. The average molecular weight is 300 g/mol. The molecule has 116 valence electrons. The van der Waals surface area contributed by atoms with Crippen molar-refractivity contribution in [2.75, 3.05) is 31.6 Å². The molecule has 0 radical (unpaired) electrons. The Hall–Kier alpha value is -2.21. The summed E-state index contributed by atoms with van der Waals surface area (Å²) in [4.78, 5) is 17.3. The van der Waals surface area contributed by atoms with Gasteiger partial charge in [0.2, 0.25) is 0 Å². The molecule has 1 aliphatic rings. The Kier molecular flexibility index (Phi) is 4.20. The SMILES string of the molecule is CNCC1CCCN(c2ccc([N+](=O)[O-])c3cnccc23)C1. The summed E-state index contributed by atoms with van der Waals surface area (Å²) in [6.07, 6.45) is 5.66. The molecule has 0 bridgehead atoms. The molecule has 3 rings (SSSR count). The highest BCUT2D eigenvalue weighted by Crippen LogP contribution is 2.34. The van der Waals surface area contributed by atoms with Crippen molar-refractivity contribution in [2.45, 2.75) is 12.8 Å². The Morgan fingerprint density at radius 2 is 2.27 bits per heavy atom. The molecule has 6 heteroatoms. The van der Waals surface area contributed by atoms with Crippen LogP contribution < -0.4 is 10.2 Å². The Morgan fingerprint density at radius 3 is 3.05 bits per heavy atom. The third-order valence-electron chi connectivity index (χ3n) is 4.32. The van der Waals surface area contributed by atoms with Crippen molar-refractivity contribution in [3.63, 3.8) is 0 Å². The monoisotopic (exact) mass is 300 g/mol. The van der Waals surface area contributed by atoms with Crippen LogP contribution in [0.15, 0.2) is 30.6 Å². The van der Waals surface area contributed by atoms with E-state index in [1.165, 1.54) is 6.42 Å². The summed E-state index contributed by atoms with van der Waals surface area (Å²) in [6, 6.07) is 5.35. The van der Waals surface area contributed by atoms with Gasteiger partial charge in [-0.15, -0.1) is 0 Å². The molecule has 2 aromatic rings. The highest BCUT2D eigenvalue weighted by Gasteiger charge is 2.23. The molecule has 1 aromatic heterocycles. The van der Waals surface area contributed by atoms with Crippen LogP contribution in [0.2, 0.25) is 0 Å². The number of piperidine rings is 1. The minimum absolute atomic E-state index is 0.121. The van der Waals surface area contributed by atoms with Crippen molar-refractivity contribution in [1.29, 1.82) is 0 Å². The van der Waals surface area contributed by atoms with E-state index in [1.807, 2.05) is 19.2 Å². The molecule has 1 N–H and O–H groups in total. The van der Waals surface area contributed by atoms with Crippen molar-refractivity contribution in [2.24, 2.45) is 5.92 Å². The van der Waals surface area contributed by atoms with Gasteiger partial charge in [-0.05, 0) is 44.5 Å². The predicted octanol–water partition coefficient (Wildman–Crippen LogP) is 2.58. The number of anilines is 1. The van der Waals surface area contributed by atoms with Gasteiger partial charge in [0.1, 0.15) is 0 Å². The van der Waals surface area contributed by atoms with Crippen LogP contribution in [0.25, 0.3) is 10.8 Å². The molecule has 0 amide bonds. The van der Waals surface area contributed by atoms with Gasteiger partial charge in [0.05, 0.1) is 10.3 Å². The fourth-order valence-electron chi connectivity index (χ4n) is 3.33. The predicted molar refractivity (Wildman–Crippen MR) is 87.3 cm³/mol. The summed E-state index contributed by atoms with van der Waals surface area (Å²) in [5.41, 5.74) is 1.19. The Labute approximate surface area is 129 Å². The first-order chi connectivity index (χ1) is 10.7. The standard InChI is InChI=1S/C16H20N4O2/c1-17-9-12-3-2-8-19(11-12)15-4-5-16(20(21)22)14-10-18-7-6-13(14)15/h4-7,10,12,17H,2-3,8-9,11H2,1H3. The second kappa shape index (κ2) is 6.27. The van der Waals surface area contributed by atoms with Gasteiger partial charge in [-0.25, -0.2) is 0 Å². The lowest BCUT2D eigenvalue weighted by Crippen LogP contribution is -2.39. The number of non-ortho nitro benzene ring substituents is 1. The minimum atomic E-state index is -0.339. The summed E-state index contributed by atoms with van der Waals surface area (Å²) in [6.45, 7) is 2.98. The van der Waals surface area contributed by atoms with E-state index in [-0.39, 0.29) is 10.6 Å². The summed E-state index contributed by atoms with van der Waals surface area (Å²) in [7, 11) is 1.98. The molecule has 1 aliphatic heterocycles. The molecule has 1 atom stereocenters. The molecule has 1 fully saturated rings. The number of benzene rings is 1. The quantitative estimate of drug-likeness (QED) is 0.694. The number of nitrogens with one attached hydrogen (secondary N) is 1. The van der Waals surface area contributed by atoms with Gasteiger partial charge in [-0.1, -0.05) is 0 Å². The van der Waals surface area contributed by atoms with E-state index in [2.05, 4.69) is 15.2 Å². The largest absolute Gasteiger partial charge is 0.371 e. The van der Waals surface area contributed by atoms with E-state index in [1.54, 1.807) is 18.5 Å². The van der Waals surface area contributed by atoms with Crippen molar-refractivity contribution in [3.8, 4) is 0 Å². The number of hydrogen-bond donors (Lipinski definition) is 1. The minimum Gasteiger partial charge on any atom is -0.371 e. The molecule has 1 unspecified atom stereocenters. The molecule has 0 spiro atoms. The van der Waals surface area contributed by atoms with Crippen LogP contribution in [0.5, 0.6) is 0 Å². The molecule has 1 saturated heterocycles. The van der Waals surface area contributed by atoms with Gasteiger partial charge in [0.25, 0.3) is 5.69 Å². The van der Waals surface area contributed by atoms with Gasteiger partial charge < -0.3 is 10.2 Å². The molecular formula is C16H20N4O2. The Balaban J connectivity index is 2.01. The van der Waals surface area contributed by atoms with Crippen molar-refractivity contribution in [1.82, 2.24) is 10.3 Å². The molecule has 6 nitrogen and oxygen atoms in total. The topological polar surface area (TPSA) is 71.3 Å². The zero-order valence-corrected chi connectivity index (χ0v) is 12.7. The van der Waals surface area contributed by atoms with Gasteiger partial charge in [-0.2, -0.15) is 0 Å². The van der Waals surface area contributed by atoms with Crippen molar-refractivity contribution < 1.29 is 4.92 Å². The van der Waals surface area contributed by atoms with Gasteiger partial charge in [-0.3, -0.25) is 15.1 Å². The maximum Gasteiger partial charge on any atom is 0.278 e. The number of nitro groups is 1. The lowest BCUT2D eigenvalue weighted by atomic mass is 9.96. The maximum absolute atomic E-state index is 11.2. The summed E-state index contributed by atoms with van der Waals surface area (Å²) in [5.74, 6) is 0.617. The second-order valence-corrected chi connectivity index (χ2v) is 5.79. The van der Waals surface area contributed by atoms with E-state index in [4.69, 9.17) is 0 Å². The van der Waals surface area contributed by atoms with Crippen LogP contribution in [-0.4, -0.2) is 36.6 Å². The van der Waals surface area contributed by atoms with E-state index in [0.717, 1.165) is 37.1 Å². The zero-order chi connectivity index (χ0) is 15.5. The first kappa shape index (κ1) is 14.7. The normalized spacial score (nSPS) is 18.6. The number of nitrogens with zero attached hydrogens (tertiary/aromatic N) is 3. The molecule has 0 saturated carbocycles. The van der Waals surface area contributed by atoms with E-state index in [9.17, 15) is 10.1 Å². The fraction of sp³-hybridized carbons (Fsp3) is 0.438. The molecule has 2 heterocycles. The van der Waals surface area contributed by atoms with Crippen LogP contribution >= 0.6 is 0 Å². The lowest BCUT2D eigenvalue weighted by Gasteiger charge is -2.35. The third-order valence-corrected chi connectivity index (χ3v) is 4.32. The number of fused-ring (bicyclic) bond motifs is 1. The molecule has 22 heavy (non-hydrogen) atoms. The van der Waals surface area contributed by atoms with Crippen LogP contribution in [0.4, 0.5) is 11.4 Å². The Morgan fingerprint density at radius 1 is 1.41 bits per heavy atom. The number of aromatic nitrogens is 1. The van der Waals surface area contributed by atoms with Gasteiger partial charge in [0, 0.05) is 42.6 Å². The number of pyridine rings is 1. The first-order valence-corrected chi connectivity index (χ1v) is 7.61. The van der Waals surface area contributed by atoms with E-state index in [0.29, 0.717) is 11.3 Å². The highest BCUT2D eigenvalue weighted by molar-refractivity contribution is 5.99. The number of nitro benzene ring substituents is 1. The van der Waals surface area contributed by atoms with E-state index >= 15 is 0 Å². The molecule has 1 aromatic carbocycles. The number of rotatable bonds is 4. The van der Waals surface area contributed by atoms with Crippen molar-refractivity contribution in [3.05, 3.63) is 40.7 Å².